The van der Waals surface area contributed by atoms with Crippen LogP contribution >= 0.6 is 0 Å². The van der Waals surface area contributed by atoms with Gasteiger partial charge in [-0.2, -0.15) is 0 Å². The lowest BCUT2D eigenvalue weighted by molar-refractivity contribution is 0.581. The van der Waals surface area contributed by atoms with E-state index >= 15 is 0 Å². The van der Waals surface area contributed by atoms with Gasteiger partial charge in [-0.25, -0.2) is 22.9 Å². The number of aromatic amines is 1. The lowest BCUT2D eigenvalue weighted by Gasteiger charge is -2.09. The summed E-state index contributed by atoms with van der Waals surface area (Å²) in [7, 11) is -3.66. The van der Waals surface area contributed by atoms with Crippen LogP contribution in [-0.2, 0) is 29.7 Å². The van der Waals surface area contributed by atoms with Gasteiger partial charge in [-0.3, -0.25) is 14.3 Å². The van der Waals surface area contributed by atoms with Crippen LogP contribution in [-0.4, -0.2) is 27.5 Å². The predicted octanol–water partition coefficient (Wildman–Crippen LogP) is 1.02. The summed E-state index contributed by atoms with van der Waals surface area (Å²) in [6, 6.07) is 13.1. The van der Waals surface area contributed by atoms with E-state index in [-0.39, 0.29) is 18.0 Å². The van der Waals surface area contributed by atoms with Crippen LogP contribution in [0.1, 0.15) is 18.1 Å². The molecule has 0 amide bonds. The summed E-state index contributed by atoms with van der Waals surface area (Å²) in [5.74, 6) is 0. The molecule has 166 valence electrons. The summed E-state index contributed by atoms with van der Waals surface area (Å²) in [5.41, 5.74) is 7.30. The van der Waals surface area contributed by atoms with E-state index in [0.717, 1.165) is 11.1 Å². The minimum Gasteiger partial charge on any atom is -0.399 e. The maximum Gasteiger partial charge on any atom is 0.330 e. The molecule has 2 heterocycles. The molecule has 0 saturated heterocycles. The Kier molecular flexibility index (Phi) is 5.68. The Bertz CT molecular complexity index is 1480. The lowest BCUT2D eigenvalue weighted by Crippen LogP contribution is -2.31. The fraction of sp³-hybridized carbons (Fsp3) is 0.190. The van der Waals surface area contributed by atoms with Crippen molar-refractivity contribution in [1.29, 1.82) is 0 Å². The van der Waals surface area contributed by atoms with E-state index < -0.39 is 21.3 Å². The molecule has 0 bridgehead atoms. The van der Waals surface area contributed by atoms with Crippen LogP contribution in [0.2, 0.25) is 0 Å². The van der Waals surface area contributed by atoms with Gasteiger partial charge < -0.3 is 10.3 Å². The SMILES string of the molecule is CCn1cnc2c1c(=O)[nH]c(=O)n2Cc1ccc(CNS(=O)(=O)c2ccc(N)cc2)cc1. The first kappa shape index (κ1) is 21.5. The number of nitrogens with one attached hydrogen (secondary N) is 2. The highest BCUT2D eigenvalue weighted by molar-refractivity contribution is 7.89. The summed E-state index contributed by atoms with van der Waals surface area (Å²) in [6.07, 6.45) is 1.53. The number of hydrogen-bond acceptors (Lipinski definition) is 6. The first-order valence-electron chi connectivity index (χ1n) is 9.89. The van der Waals surface area contributed by atoms with Crippen molar-refractivity contribution in [3.8, 4) is 0 Å². The first-order valence-corrected chi connectivity index (χ1v) is 11.4. The summed E-state index contributed by atoms with van der Waals surface area (Å²) >= 11 is 0. The third-order valence-electron chi connectivity index (χ3n) is 5.12. The van der Waals surface area contributed by atoms with Crippen molar-refractivity contribution in [3.63, 3.8) is 0 Å². The fourth-order valence-electron chi connectivity index (χ4n) is 3.36. The average molecular weight is 455 g/mol. The average Bonchev–Trinajstić information content (AvgIpc) is 3.21. The standard InChI is InChI=1S/C21H22N6O4S/c1-2-26-13-23-19-18(26)20(28)25-21(29)27(19)12-15-5-3-14(4-6-15)11-24-32(30,31)17-9-7-16(22)8-10-17/h3-10,13,24H,2,11-12,22H2,1H3,(H,25,28,29). The summed E-state index contributed by atoms with van der Waals surface area (Å²) in [6.45, 7) is 2.76. The van der Waals surface area contributed by atoms with Gasteiger partial charge in [0.25, 0.3) is 5.56 Å². The molecule has 2 aromatic heterocycles. The van der Waals surface area contributed by atoms with Crippen LogP contribution in [0.4, 0.5) is 5.69 Å². The minimum atomic E-state index is -3.66. The van der Waals surface area contributed by atoms with E-state index in [9.17, 15) is 18.0 Å². The van der Waals surface area contributed by atoms with Gasteiger partial charge in [-0.05, 0) is 42.3 Å². The summed E-state index contributed by atoms with van der Waals surface area (Å²) in [5, 5.41) is 0. The number of hydrogen-bond donors (Lipinski definition) is 3. The molecule has 0 fully saturated rings. The number of imidazole rings is 1. The molecule has 10 nitrogen and oxygen atoms in total. The van der Waals surface area contributed by atoms with E-state index in [1.165, 1.54) is 35.2 Å². The number of aromatic nitrogens is 4. The van der Waals surface area contributed by atoms with Crippen molar-refractivity contribution < 1.29 is 8.42 Å². The molecule has 11 heteroatoms. The molecule has 0 spiro atoms. The molecule has 0 aliphatic heterocycles. The second-order valence-electron chi connectivity index (χ2n) is 7.26. The molecule has 2 aromatic carbocycles. The van der Waals surface area contributed by atoms with E-state index in [1.807, 2.05) is 6.92 Å². The number of H-pyrrole nitrogens is 1. The maximum absolute atomic E-state index is 12.4. The van der Waals surface area contributed by atoms with Gasteiger partial charge in [-0.1, -0.05) is 24.3 Å². The number of nitrogens with zero attached hydrogens (tertiary/aromatic N) is 3. The molecule has 0 atom stereocenters. The Morgan fingerprint density at radius 2 is 1.69 bits per heavy atom. The summed E-state index contributed by atoms with van der Waals surface area (Å²) in [4.78, 5) is 31.2. The Hall–Kier alpha value is -3.70. The van der Waals surface area contributed by atoms with Gasteiger partial charge in [-0.15, -0.1) is 0 Å². The molecule has 0 aliphatic rings. The van der Waals surface area contributed by atoms with Crippen LogP contribution in [0.15, 0.2) is 69.3 Å². The number of nitrogen functional groups attached to an aromatic ring is 1. The molecule has 4 N–H and O–H groups in total. The molecule has 4 aromatic rings. The molecule has 32 heavy (non-hydrogen) atoms. The highest BCUT2D eigenvalue weighted by Gasteiger charge is 2.15. The number of aryl methyl sites for hydroxylation is 1. The third kappa shape index (κ3) is 4.20. The van der Waals surface area contributed by atoms with Crippen LogP contribution in [0.5, 0.6) is 0 Å². The molecular formula is C21H22N6O4S. The van der Waals surface area contributed by atoms with Gasteiger partial charge in [0, 0.05) is 18.8 Å². The Balaban J connectivity index is 1.51. The predicted molar refractivity (Wildman–Crippen MR) is 121 cm³/mol. The maximum atomic E-state index is 12.4. The first-order chi connectivity index (χ1) is 15.3. The van der Waals surface area contributed by atoms with Crippen LogP contribution in [0.25, 0.3) is 11.2 Å². The summed E-state index contributed by atoms with van der Waals surface area (Å²) < 4.78 is 30.5. The Labute approximate surface area is 183 Å². The van der Waals surface area contributed by atoms with E-state index in [2.05, 4.69) is 14.7 Å². The molecular weight excluding hydrogens is 432 g/mol. The van der Waals surface area contributed by atoms with Crippen LogP contribution in [0, 0.1) is 0 Å². The van der Waals surface area contributed by atoms with Crippen molar-refractivity contribution in [2.24, 2.45) is 0 Å². The van der Waals surface area contributed by atoms with Gasteiger partial charge in [0.2, 0.25) is 10.0 Å². The van der Waals surface area contributed by atoms with Crippen molar-refractivity contribution >= 4 is 26.9 Å². The van der Waals surface area contributed by atoms with Crippen LogP contribution in [0.3, 0.4) is 0 Å². The number of nitrogens with two attached hydrogens (primary N) is 1. The van der Waals surface area contributed by atoms with E-state index in [1.54, 1.807) is 28.8 Å². The number of sulfonamides is 1. The number of fused-ring (bicyclic) bond motifs is 1. The van der Waals surface area contributed by atoms with Crippen molar-refractivity contribution in [1.82, 2.24) is 23.8 Å². The van der Waals surface area contributed by atoms with Gasteiger partial charge in [0.15, 0.2) is 11.2 Å². The minimum absolute atomic E-state index is 0.108. The lowest BCUT2D eigenvalue weighted by atomic mass is 10.1. The molecule has 0 radical (unpaired) electrons. The second kappa shape index (κ2) is 8.44. The van der Waals surface area contributed by atoms with E-state index in [0.29, 0.717) is 23.4 Å². The van der Waals surface area contributed by atoms with Crippen molar-refractivity contribution in [3.05, 3.63) is 86.8 Å². The van der Waals surface area contributed by atoms with Crippen LogP contribution < -0.4 is 21.7 Å². The second-order valence-corrected chi connectivity index (χ2v) is 9.03. The van der Waals surface area contributed by atoms with Crippen molar-refractivity contribution in [2.75, 3.05) is 5.73 Å². The zero-order valence-corrected chi connectivity index (χ0v) is 18.1. The number of benzene rings is 2. The largest absolute Gasteiger partial charge is 0.399 e. The molecule has 0 saturated carbocycles. The number of rotatable bonds is 7. The zero-order chi connectivity index (χ0) is 22.9. The third-order valence-corrected chi connectivity index (χ3v) is 6.53. The smallest absolute Gasteiger partial charge is 0.330 e. The van der Waals surface area contributed by atoms with Gasteiger partial charge in [0.1, 0.15) is 0 Å². The molecule has 0 aliphatic carbocycles. The van der Waals surface area contributed by atoms with Crippen molar-refractivity contribution in [2.45, 2.75) is 31.5 Å². The van der Waals surface area contributed by atoms with Gasteiger partial charge >= 0.3 is 5.69 Å². The highest BCUT2D eigenvalue weighted by atomic mass is 32.2. The molecule has 4 rings (SSSR count). The zero-order valence-electron chi connectivity index (χ0n) is 17.3. The fourth-order valence-corrected chi connectivity index (χ4v) is 4.38. The van der Waals surface area contributed by atoms with Gasteiger partial charge in [0.05, 0.1) is 17.8 Å². The Morgan fingerprint density at radius 3 is 2.34 bits per heavy atom. The molecule has 0 unspecified atom stereocenters. The topological polar surface area (TPSA) is 145 Å². The quantitative estimate of drug-likeness (QED) is 0.356. The Morgan fingerprint density at radius 1 is 1.03 bits per heavy atom. The normalized spacial score (nSPS) is 11.8. The number of anilines is 1. The van der Waals surface area contributed by atoms with E-state index in [4.69, 9.17) is 5.73 Å². The highest BCUT2D eigenvalue weighted by Crippen LogP contribution is 2.13. The monoisotopic (exact) mass is 454 g/mol.